The van der Waals surface area contributed by atoms with Gasteiger partial charge in [-0.05, 0) is 20.3 Å². The Bertz CT molecular complexity index is 595. The van der Waals surface area contributed by atoms with Gasteiger partial charge in [0.1, 0.15) is 12.1 Å². The summed E-state index contributed by atoms with van der Waals surface area (Å²) >= 11 is 0. The van der Waals surface area contributed by atoms with E-state index in [0.717, 1.165) is 6.92 Å². The summed E-state index contributed by atoms with van der Waals surface area (Å²) in [5.74, 6) is -4.85. The molecule has 0 fully saturated rings. The molecule has 0 heterocycles. The van der Waals surface area contributed by atoms with E-state index in [2.05, 4.69) is 10.6 Å². The summed E-state index contributed by atoms with van der Waals surface area (Å²) in [6.07, 6.45) is -3.09. The Kier molecular flexibility index (Phi) is 10.7. The number of nitrogens with one attached hydrogen (secondary N) is 3. The number of amides is 4. The third kappa shape index (κ3) is 9.25. The van der Waals surface area contributed by atoms with Gasteiger partial charge in [-0.1, -0.05) is 0 Å². The Balaban J connectivity index is 4.97. The molecule has 0 aliphatic carbocycles. The Hall–Kier alpha value is -2.77. The Morgan fingerprint density at radius 2 is 1.54 bits per heavy atom. The minimum Gasteiger partial charge on any atom is -0.480 e. The molecule has 0 aliphatic heterocycles. The number of hydrogen-bond donors (Lipinski definition) is 8. The Morgan fingerprint density at radius 3 is 1.96 bits per heavy atom. The van der Waals surface area contributed by atoms with Crippen LogP contribution in [0.3, 0.4) is 0 Å². The molecule has 0 aromatic heterocycles. The van der Waals surface area contributed by atoms with Crippen LogP contribution in [0.1, 0.15) is 26.7 Å². The number of primary amides is 1. The first-order chi connectivity index (χ1) is 12.9. The third-order valence-electron chi connectivity index (χ3n) is 3.62. The zero-order valence-electron chi connectivity index (χ0n) is 15.5. The summed E-state index contributed by atoms with van der Waals surface area (Å²) in [6.45, 7) is 1.85. The van der Waals surface area contributed by atoms with Gasteiger partial charge in [0, 0.05) is 6.42 Å². The lowest BCUT2D eigenvalue weighted by Gasteiger charge is -2.22. The fourth-order valence-corrected chi connectivity index (χ4v) is 1.95. The van der Waals surface area contributed by atoms with Crippen molar-refractivity contribution in [3.63, 3.8) is 0 Å². The van der Waals surface area contributed by atoms with E-state index in [1.54, 1.807) is 0 Å². The fourth-order valence-electron chi connectivity index (χ4n) is 1.95. The summed E-state index contributed by atoms with van der Waals surface area (Å²) in [6, 6.07) is -4.24. The van der Waals surface area contributed by atoms with E-state index in [1.807, 2.05) is 5.32 Å². The molecule has 5 unspecified atom stereocenters. The standard InChI is InChI=1S/C15H27N5O8/c1-6(21)11(17)14(26)18-5-10(24)19-8(3-4-9(16)23)13(25)20-12(7(2)22)15(27)28/h6-8,11-12,21-22H,3-5,17H2,1-2H3,(H2,16,23)(H,18,26)(H,19,24)(H,20,25)(H,27,28). The van der Waals surface area contributed by atoms with Crippen LogP contribution in [0.2, 0.25) is 0 Å². The van der Waals surface area contributed by atoms with E-state index in [4.69, 9.17) is 16.6 Å². The number of carboxylic acid groups (broad SMARTS) is 1. The number of carbonyl (C=O) groups excluding carboxylic acids is 4. The second kappa shape index (κ2) is 11.8. The van der Waals surface area contributed by atoms with Gasteiger partial charge >= 0.3 is 5.97 Å². The van der Waals surface area contributed by atoms with E-state index >= 15 is 0 Å². The molecular formula is C15H27N5O8. The van der Waals surface area contributed by atoms with Gasteiger partial charge < -0.3 is 42.7 Å². The van der Waals surface area contributed by atoms with Crippen molar-refractivity contribution >= 4 is 29.6 Å². The lowest BCUT2D eigenvalue weighted by atomic mass is 10.1. The van der Waals surface area contributed by atoms with Gasteiger partial charge in [-0.2, -0.15) is 0 Å². The normalized spacial score (nSPS) is 16.0. The van der Waals surface area contributed by atoms with Crippen LogP contribution in [-0.2, 0) is 24.0 Å². The van der Waals surface area contributed by atoms with Gasteiger partial charge in [-0.25, -0.2) is 4.79 Å². The summed E-state index contributed by atoms with van der Waals surface area (Å²) in [5, 5.41) is 34.1. The molecule has 0 aliphatic rings. The van der Waals surface area contributed by atoms with Crippen molar-refractivity contribution < 1.29 is 39.3 Å². The highest BCUT2D eigenvalue weighted by Gasteiger charge is 2.29. The van der Waals surface area contributed by atoms with Crippen molar-refractivity contribution in [1.82, 2.24) is 16.0 Å². The molecule has 5 atom stereocenters. The molecule has 160 valence electrons. The molecule has 13 heteroatoms. The second-order valence-corrected chi connectivity index (χ2v) is 6.17. The second-order valence-electron chi connectivity index (χ2n) is 6.17. The first kappa shape index (κ1) is 25.2. The molecule has 0 aromatic carbocycles. The van der Waals surface area contributed by atoms with Crippen LogP contribution < -0.4 is 27.4 Å². The number of rotatable bonds is 12. The largest absolute Gasteiger partial charge is 0.480 e. The zero-order valence-corrected chi connectivity index (χ0v) is 15.5. The summed E-state index contributed by atoms with van der Waals surface area (Å²) < 4.78 is 0. The van der Waals surface area contributed by atoms with Crippen LogP contribution in [-0.4, -0.2) is 81.8 Å². The Morgan fingerprint density at radius 1 is 0.964 bits per heavy atom. The smallest absolute Gasteiger partial charge is 0.328 e. The van der Waals surface area contributed by atoms with Crippen molar-refractivity contribution in [3.8, 4) is 0 Å². The minimum absolute atomic E-state index is 0.236. The van der Waals surface area contributed by atoms with Crippen LogP contribution in [0, 0.1) is 0 Å². The number of aliphatic carboxylic acids is 1. The molecule has 0 saturated heterocycles. The van der Waals surface area contributed by atoms with Crippen molar-refractivity contribution in [2.75, 3.05) is 6.54 Å². The molecule has 13 nitrogen and oxygen atoms in total. The zero-order chi connectivity index (χ0) is 22.0. The van der Waals surface area contributed by atoms with Crippen LogP contribution in [0.4, 0.5) is 0 Å². The van der Waals surface area contributed by atoms with Crippen molar-refractivity contribution in [2.45, 2.75) is 57.0 Å². The molecule has 0 saturated carbocycles. The third-order valence-corrected chi connectivity index (χ3v) is 3.62. The average Bonchev–Trinajstić information content (AvgIpc) is 2.59. The highest BCUT2D eigenvalue weighted by Crippen LogP contribution is 2.01. The van der Waals surface area contributed by atoms with Gasteiger partial charge in [-0.3, -0.25) is 19.2 Å². The van der Waals surface area contributed by atoms with Crippen LogP contribution in [0.5, 0.6) is 0 Å². The van der Waals surface area contributed by atoms with Crippen LogP contribution in [0.25, 0.3) is 0 Å². The van der Waals surface area contributed by atoms with Gasteiger partial charge in [0.25, 0.3) is 0 Å². The van der Waals surface area contributed by atoms with Gasteiger partial charge in [0.05, 0.1) is 18.8 Å². The maximum absolute atomic E-state index is 12.3. The first-order valence-electron chi connectivity index (χ1n) is 8.37. The van der Waals surface area contributed by atoms with Crippen molar-refractivity contribution in [3.05, 3.63) is 0 Å². The summed E-state index contributed by atoms with van der Waals surface area (Å²) in [4.78, 5) is 57.8. The predicted octanol–water partition coefficient (Wildman–Crippen LogP) is -4.49. The molecule has 0 aromatic rings. The average molecular weight is 405 g/mol. The highest BCUT2D eigenvalue weighted by molar-refractivity contribution is 5.93. The molecule has 0 rings (SSSR count). The monoisotopic (exact) mass is 405 g/mol. The molecular weight excluding hydrogens is 378 g/mol. The van der Waals surface area contributed by atoms with Crippen molar-refractivity contribution in [1.29, 1.82) is 0 Å². The van der Waals surface area contributed by atoms with Gasteiger partial charge in [0.15, 0.2) is 6.04 Å². The lowest BCUT2D eigenvalue weighted by molar-refractivity contribution is -0.145. The molecule has 0 radical (unpaired) electrons. The molecule has 0 bridgehead atoms. The van der Waals surface area contributed by atoms with Gasteiger partial charge in [-0.15, -0.1) is 0 Å². The quantitative estimate of drug-likeness (QED) is 0.156. The highest BCUT2D eigenvalue weighted by atomic mass is 16.4. The minimum atomic E-state index is -1.63. The lowest BCUT2D eigenvalue weighted by Crippen LogP contribution is -2.56. The Labute approximate surface area is 160 Å². The molecule has 10 N–H and O–H groups in total. The number of carbonyl (C=O) groups is 5. The topological polar surface area (TPSA) is 234 Å². The van der Waals surface area contributed by atoms with E-state index < -0.39 is 66.5 Å². The number of nitrogens with two attached hydrogens (primary N) is 2. The molecule has 28 heavy (non-hydrogen) atoms. The predicted molar refractivity (Wildman–Crippen MR) is 94.3 cm³/mol. The molecule has 0 spiro atoms. The SMILES string of the molecule is CC(O)C(N)C(=O)NCC(=O)NC(CCC(N)=O)C(=O)NC(C(=O)O)C(C)O. The molecule has 4 amide bonds. The number of aliphatic hydroxyl groups is 2. The van der Waals surface area contributed by atoms with E-state index in [-0.39, 0.29) is 12.8 Å². The van der Waals surface area contributed by atoms with Crippen LogP contribution >= 0.6 is 0 Å². The van der Waals surface area contributed by atoms with E-state index in [1.165, 1.54) is 6.92 Å². The summed E-state index contributed by atoms with van der Waals surface area (Å²) in [7, 11) is 0. The maximum Gasteiger partial charge on any atom is 0.328 e. The first-order valence-corrected chi connectivity index (χ1v) is 8.37. The van der Waals surface area contributed by atoms with Crippen molar-refractivity contribution in [2.24, 2.45) is 11.5 Å². The van der Waals surface area contributed by atoms with E-state index in [9.17, 15) is 34.2 Å². The number of aliphatic hydroxyl groups excluding tert-OH is 2. The number of carboxylic acids is 1. The van der Waals surface area contributed by atoms with Crippen LogP contribution in [0.15, 0.2) is 0 Å². The summed E-state index contributed by atoms with van der Waals surface area (Å²) in [5.41, 5.74) is 10.4. The number of hydrogen-bond acceptors (Lipinski definition) is 8. The van der Waals surface area contributed by atoms with E-state index in [0.29, 0.717) is 0 Å². The van der Waals surface area contributed by atoms with Gasteiger partial charge in [0.2, 0.25) is 23.6 Å². The fraction of sp³-hybridized carbons (Fsp3) is 0.667. The maximum atomic E-state index is 12.3.